The highest BCUT2D eigenvalue weighted by Crippen LogP contribution is 2.43. The van der Waals surface area contributed by atoms with E-state index in [1.165, 1.54) is 19.3 Å². The molecule has 1 aliphatic carbocycles. The third kappa shape index (κ3) is 3.59. The lowest BCUT2D eigenvalue weighted by Gasteiger charge is -2.36. The Kier molecular flexibility index (Phi) is 5.23. The van der Waals surface area contributed by atoms with E-state index in [4.69, 9.17) is 9.47 Å². The van der Waals surface area contributed by atoms with Crippen LogP contribution in [-0.2, 0) is 16.8 Å². The lowest BCUT2D eigenvalue weighted by Crippen LogP contribution is -2.45. The molecule has 1 saturated heterocycles. The molecule has 0 radical (unpaired) electrons. The average Bonchev–Trinajstić information content (AvgIpc) is 3.49. The Bertz CT molecular complexity index is 918. The van der Waals surface area contributed by atoms with Gasteiger partial charge in [-0.05, 0) is 61.1 Å². The van der Waals surface area contributed by atoms with Crippen LogP contribution in [0.3, 0.4) is 0 Å². The minimum Gasteiger partial charge on any atom is -0.454 e. The smallest absolute Gasteiger partial charge is 0.231 e. The van der Waals surface area contributed by atoms with Gasteiger partial charge in [-0.2, -0.15) is 0 Å². The third-order valence-corrected chi connectivity index (χ3v) is 6.76. The minimum absolute atomic E-state index is 0.112. The van der Waals surface area contributed by atoms with Crippen molar-refractivity contribution >= 4 is 11.7 Å². The first-order valence-corrected chi connectivity index (χ1v) is 11.1. The van der Waals surface area contributed by atoms with E-state index in [2.05, 4.69) is 21.3 Å². The zero-order valence-corrected chi connectivity index (χ0v) is 17.4. The van der Waals surface area contributed by atoms with Crippen LogP contribution in [0.2, 0.25) is 0 Å². The van der Waals surface area contributed by atoms with E-state index in [0.29, 0.717) is 6.54 Å². The van der Waals surface area contributed by atoms with Gasteiger partial charge in [0.15, 0.2) is 11.5 Å². The molecule has 2 aromatic rings. The predicted octanol–water partition coefficient (Wildman–Crippen LogP) is 3.93. The second kappa shape index (κ2) is 8.17. The fourth-order valence-electron chi connectivity index (χ4n) is 5.04. The summed E-state index contributed by atoms with van der Waals surface area (Å²) < 4.78 is 11.0. The molecule has 1 amide bonds. The van der Waals surface area contributed by atoms with Crippen molar-refractivity contribution in [2.24, 2.45) is 0 Å². The van der Waals surface area contributed by atoms with E-state index in [1.807, 2.05) is 30.5 Å². The van der Waals surface area contributed by atoms with Crippen LogP contribution < -0.4 is 19.7 Å². The van der Waals surface area contributed by atoms with E-state index in [0.717, 1.165) is 67.2 Å². The number of aromatic nitrogens is 1. The summed E-state index contributed by atoms with van der Waals surface area (Å²) in [7, 11) is 0. The second-order valence-corrected chi connectivity index (χ2v) is 8.61. The molecule has 1 aromatic carbocycles. The molecule has 1 saturated carbocycles. The number of pyridine rings is 1. The summed E-state index contributed by atoms with van der Waals surface area (Å²) in [6.07, 6.45) is 9.35. The summed E-state index contributed by atoms with van der Waals surface area (Å²) in [5.74, 6) is 2.63. The minimum atomic E-state index is -0.496. The first kappa shape index (κ1) is 19.2. The fourth-order valence-corrected chi connectivity index (χ4v) is 5.04. The molecule has 30 heavy (non-hydrogen) atoms. The molecule has 5 rings (SSSR count). The van der Waals surface area contributed by atoms with Gasteiger partial charge >= 0.3 is 0 Å². The molecule has 0 bridgehead atoms. The number of anilines is 1. The Hall–Kier alpha value is -2.76. The van der Waals surface area contributed by atoms with Gasteiger partial charge in [0.25, 0.3) is 0 Å². The van der Waals surface area contributed by atoms with E-state index in [9.17, 15) is 4.79 Å². The number of ether oxygens (including phenoxy) is 2. The van der Waals surface area contributed by atoms with Crippen LogP contribution in [0.1, 0.15) is 56.1 Å². The van der Waals surface area contributed by atoms with Crippen LogP contribution in [0.5, 0.6) is 11.5 Å². The summed E-state index contributed by atoms with van der Waals surface area (Å²) in [6.45, 7) is 2.90. The molecule has 0 atom stereocenters. The molecule has 2 aliphatic heterocycles. The Morgan fingerprint density at radius 3 is 2.63 bits per heavy atom. The van der Waals surface area contributed by atoms with Gasteiger partial charge in [-0.3, -0.25) is 4.79 Å². The Morgan fingerprint density at radius 2 is 1.80 bits per heavy atom. The summed E-state index contributed by atoms with van der Waals surface area (Å²) >= 11 is 0. The highest BCUT2D eigenvalue weighted by atomic mass is 16.7. The quantitative estimate of drug-likeness (QED) is 0.814. The van der Waals surface area contributed by atoms with Crippen molar-refractivity contribution in [2.45, 2.75) is 56.9 Å². The predicted molar refractivity (Wildman–Crippen MR) is 115 cm³/mol. The van der Waals surface area contributed by atoms with E-state index >= 15 is 0 Å². The maximum absolute atomic E-state index is 13.5. The van der Waals surface area contributed by atoms with Gasteiger partial charge in [0.1, 0.15) is 5.82 Å². The molecule has 6 heteroatoms. The molecular formula is C24H29N3O3. The number of hydrogen-bond acceptors (Lipinski definition) is 5. The lowest BCUT2D eigenvalue weighted by molar-refractivity contribution is -0.128. The van der Waals surface area contributed by atoms with Crippen molar-refractivity contribution in [1.82, 2.24) is 10.3 Å². The number of nitrogens with zero attached hydrogens (tertiary/aromatic N) is 2. The van der Waals surface area contributed by atoms with Crippen molar-refractivity contribution in [3.63, 3.8) is 0 Å². The Morgan fingerprint density at radius 1 is 1.00 bits per heavy atom. The SMILES string of the molecule is O=C(NCc1ccnc(N2CCCC2)c1)C1(c2ccc3c(c2)OCO3)CCCCC1. The molecule has 1 N–H and O–H groups in total. The van der Waals surface area contributed by atoms with Crippen molar-refractivity contribution < 1.29 is 14.3 Å². The van der Waals surface area contributed by atoms with Crippen LogP contribution >= 0.6 is 0 Å². The number of hydrogen-bond donors (Lipinski definition) is 1. The molecule has 3 heterocycles. The number of amides is 1. The van der Waals surface area contributed by atoms with Crippen molar-refractivity contribution in [1.29, 1.82) is 0 Å². The molecule has 6 nitrogen and oxygen atoms in total. The molecule has 0 spiro atoms. The molecule has 1 aromatic heterocycles. The zero-order chi connectivity index (χ0) is 20.4. The lowest BCUT2D eigenvalue weighted by atomic mass is 9.68. The van der Waals surface area contributed by atoms with Gasteiger partial charge in [-0.25, -0.2) is 4.98 Å². The Labute approximate surface area is 177 Å². The molecule has 158 valence electrons. The molecule has 3 aliphatic rings. The van der Waals surface area contributed by atoms with Crippen molar-refractivity contribution in [2.75, 3.05) is 24.8 Å². The van der Waals surface area contributed by atoms with Crippen molar-refractivity contribution in [3.8, 4) is 11.5 Å². The Balaban J connectivity index is 1.34. The maximum Gasteiger partial charge on any atom is 0.231 e. The number of benzene rings is 1. The summed E-state index contributed by atoms with van der Waals surface area (Å²) in [6, 6.07) is 10.1. The molecule has 2 fully saturated rings. The normalized spacial score (nSPS) is 19.7. The van der Waals surface area contributed by atoms with Crippen LogP contribution in [0.25, 0.3) is 0 Å². The monoisotopic (exact) mass is 407 g/mol. The summed E-state index contributed by atoms with van der Waals surface area (Å²) in [5, 5.41) is 3.24. The molecule has 0 unspecified atom stereocenters. The van der Waals surface area contributed by atoms with Gasteiger partial charge in [0, 0.05) is 25.8 Å². The van der Waals surface area contributed by atoms with Gasteiger partial charge in [0.05, 0.1) is 5.41 Å². The third-order valence-electron chi connectivity index (χ3n) is 6.76. The average molecular weight is 408 g/mol. The number of rotatable bonds is 5. The number of fused-ring (bicyclic) bond motifs is 1. The van der Waals surface area contributed by atoms with Crippen LogP contribution in [-0.4, -0.2) is 30.8 Å². The summed E-state index contributed by atoms with van der Waals surface area (Å²) in [4.78, 5) is 20.4. The fraction of sp³-hybridized carbons (Fsp3) is 0.500. The summed E-state index contributed by atoms with van der Waals surface area (Å²) in [5.41, 5.74) is 1.64. The number of nitrogens with one attached hydrogen (secondary N) is 1. The highest BCUT2D eigenvalue weighted by Gasteiger charge is 2.41. The number of carbonyl (C=O) groups is 1. The van der Waals surface area contributed by atoms with Gasteiger partial charge in [-0.1, -0.05) is 25.3 Å². The van der Waals surface area contributed by atoms with E-state index in [1.54, 1.807) is 0 Å². The van der Waals surface area contributed by atoms with Crippen molar-refractivity contribution in [3.05, 3.63) is 47.7 Å². The maximum atomic E-state index is 13.5. The zero-order valence-electron chi connectivity index (χ0n) is 17.4. The topological polar surface area (TPSA) is 63.7 Å². The van der Waals surface area contributed by atoms with E-state index in [-0.39, 0.29) is 12.7 Å². The first-order valence-electron chi connectivity index (χ1n) is 11.1. The van der Waals surface area contributed by atoms with E-state index < -0.39 is 5.41 Å². The van der Waals surface area contributed by atoms with Gasteiger partial charge < -0.3 is 19.7 Å². The second-order valence-electron chi connectivity index (χ2n) is 8.61. The van der Waals surface area contributed by atoms with Crippen LogP contribution in [0.15, 0.2) is 36.5 Å². The standard InChI is InChI=1S/C24H29N3O3/c28-23(26-16-18-8-11-25-22(14-18)27-12-4-5-13-27)24(9-2-1-3-10-24)19-6-7-20-21(15-19)30-17-29-20/h6-8,11,14-15H,1-5,9-10,12-13,16-17H2,(H,26,28). The number of carbonyl (C=O) groups excluding carboxylic acids is 1. The van der Waals surface area contributed by atoms with Crippen LogP contribution in [0, 0.1) is 0 Å². The molecular weight excluding hydrogens is 378 g/mol. The first-order chi connectivity index (χ1) is 14.7. The van der Waals surface area contributed by atoms with Crippen LogP contribution in [0.4, 0.5) is 5.82 Å². The largest absolute Gasteiger partial charge is 0.454 e. The van der Waals surface area contributed by atoms with Gasteiger partial charge in [0.2, 0.25) is 12.7 Å². The highest BCUT2D eigenvalue weighted by molar-refractivity contribution is 5.88. The van der Waals surface area contributed by atoms with Gasteiger partial charge in [-0.15, -0.1) is 0 Å².